The Morgan fingerprint density at radius 2 is 1.95 bits per heavy atom. The van der Waals surface area contributed by atoms with E-state index in [9.17, 15) is 29.7 Å². The van der Waals surface area contributed by atoms with Gasteiger partial charge in [0.1, 0.15) is 17.3 Å². The maximum absolute atomic E-state index is 13.6. The largest absolute Gasteiger partial charge is 0.505 e. The normalized spacial score (nSPS) is 19.9. The molecule has 1 saturated heterocycles. The quantitative estimate of drug-likeness (QED) is 0.235. The number of nitrogens with one attached hydrogen (secondary N) is 1. The van der Waals surface area contributed by atoms with Crippen molar-refractivity contribution in [1.82, 2.24) is 4.90 Å². The predicted octanol–water partition coefficient (Wildman–Crippen LogP) is 3.45. The number of ketones is 3. The molecule has 2 aromatic rings. The number of phenols is 1. The summed E-state index contributed by atoms with van der Waals surface area (Å²) in [5, 5.41) is 34.4. The number of aromatic hydroxyl groups is 1. The van der Waals surface area contributed by atoms with E-state index in [4.69, 9.17) is 4.42 Å². The summed E-state index contributed by atoms with van der Waals surface area (Å²) < 4.78 is 5.35. The second kappa shape index (κ2) is 12.9. The highest BCUT2D eigenvalue weighted by Gasteiger charge is 2.36. The molecule has 3 atom stereocenters. The van der Waals surface area contributed by atoms with Crippen LogP contribution in [0.4, 0.5) is 5.69 Å². The summed E-state index contributed by atoms with van der Waals surface area (Å²) in [7, 11) is 2.09. The van der Waals surface area contributed by atoms with Gasteiger partial charge < -0.3 is 30.0 Å². The molecular weight excluding hydrogens is 500 g/mol. The predicted molar refractivity (Wildman–Crippen MR) is 147 cm³/mol. The first-order valence-corrected chi connectivity index (χ1v) is 13.8. The van der Waals surface area contributed by atoms with Gasteiger partial charge in [0.25, 0.3) is 0 Å². The molecule has 1 aliphatic heterocycles. The lowest BCUT2D eigenvalue weighted by Gasteiger charge is -2.33. The van der Waals surface area contributed by atoms with Crippen molar-refractivity contribution in [3.05, 3.63) is 35.8 Å². The summed E-state index contributed by atoms with van der Waals surface area (Å²) in [4.78, 5) is 40.1. The molecule has 0 saturated carbocycles. The Bertz CT molecular complexity index is 1170. The number of hydrogen-bond donors (Lipinski definition) is 4. The lowest BCUT2D eigenvalue weighted by atomic mass is 9.72. The van der Waals surface area contributed by atoms with Gasteiger partial charge in [-0.25, -0.2) is 0 Å². The van der Waals surface area contributed by atoms with Crippen LogP contribution in [-0.2, 0) is 16.0 Å². The molecule has 0 spiro atoms. The number of nitrogens with zero attached hydrogens (tertiary/aromatic N) is 1. The van der Waals surface area contributed by atoms with Crippen molar-refractivity contribution in [1.29, 1.82) is 0 Å². The topological polar surface area (TPSA) is 140 Å². The third kappa shape index (κ3) is 6.77. The van der Waals surface area contributed by atoms with E-state index in [1.165, 1.54) is 6.92 Å². The molecule has 2 heterocycles. The maximum atomic E-state index is 13.6. The first-order valence-electron chi connectivity index (χ1n) is 13.8. The van der Waals surface area contributed by atoms with Crippen molar-refractivity contribution in [3.63, 3.8) is 0 Å². The molecule has 1 aliphatic carbocycles. The molecule has 0 bridgehead atoms. The van der Waals surface area contributed by atoms with Crippen LogP contribution in [0, 0.1) is 17.8 Å². The van der Waals surface area contributed by atoms with E-state index >= 15 is 0 Å². The van der Waals surface area contributed by atoms with Crippen LogP contribution in [0.3, 0.4) is 0 Å². The third-order valence-electron chi connectivity index (χ3n) is 8.30. The highest BCUT2D eigenvalue weighted by atomic mass is 16.3. The molecule has 1 aromatic heterocycles. The van der Waals surface area contributed by atoms with Crippen LogP contribution in [-0.4, -0.2) is 77.0 Å². The fourth-order valence-corrected chi connectivity index (χ4v) is 6.24. The minimum absolute atomic E-state index is 0.0311. The van der Waals surface area contributed by atoms with Crippen molar-refractivity contribution in [3.8, 4) is 16.9 Å². The Hall–Kier alpha value is -3.01. The third-order valence-corrected chi connectivity index (χ3v) is 8.30. The van der Waals surface area contributed by atoms with Gasteiger partial charge >= 0.3 is 0 Å². The number of hydrogen-bond acceptors (Lipinski definition) is 9. The average Bonchev–Trinajstić information content (AvgIpc) is 3.41. The van der Waals surface area contributed by atoms with Crippen molar-refractivity contribution in [2.24, 2.45) is 17.8 Å². The number of benzene rings is 1. The average molecular weight is 541 g/mol. The molecular formula is C30H40N2O7. The summed E-state index contributed by atoms with van der Waals surface area (Å²) in [6, 6.07) is 3.91. The summed E-state index contributed by atoms with van der Waals surface area (Å²) in [6.07, 6.45) is 6.20. The number of aliphatic hydroxyl groups is 2. The Labute approximate surface area is 229 Å². The zero-order valence-corrected chi connectivity index (χ0v) is 22.8. The Kier molecular flexibility index (Phi) is 9.58. The first-order chi connectivity index (χ1) is 18.7. The molecule has 9 nitrogen and oxygen atoms in total. The van der Waals surface area contributed by atoms with Gasteiger partial charge in [-0.2, -0.15) is 0 Å². The molecule has 3 unspecified atom stereocenters. The smallest absolute Gasteiger partial charge is 0.167 e. The lowest BCUT2D eigenvalue weighted by molar-refractivity contribution is -0.131. The van der Waals surface area contributed by atoms with Gasteiger partial charge in [0.05, 0.1) is 36.8 Å². The van der Waals surface area contributed by atoms with E-state index < -0.39 is 12.5 Å². The number of likely N-dealkylation sites (tertiary alicyclic amines) is 1. The van der Waals surface area contributed by atoms with Crippen LogP contribution >= 0.6 is 0 Å². The zero-order chi connectivity index (χ0) is 28.1. The number of furan rings is 1. The Morgan fingerprint density at radius 1 is 1.21 bits per heavy atom. The fourth-order valence-electron chi connectivity index (χ4n) is 6.24. The number of fused-ring (bicyclic) bond motifs is 1. The number of rotatable bonds is 12. The number of phenolic OH excluding ortho intramolecular Hbond substituents is 1. The molecule has 212 valence electrons. The number of carbonyl (C=O) groups is 3. The van der Waals surface area contributed by atoms with E-state index in [-0.39, 0.29) is 66.8 Å². The van der Waals surface area contributed by atoms with Gasteiger partial charge in [-0.1, -0.05) is 0 Å². The van der Waals surface area contributed by atoms with Crippen molar-refractivity contribution >= 4 is 23.0 Å². The number of Topliss-reactive ketones (excluding diaryl/α,β-unsaturated/α-hetero) is 3. The van der Waals surface area contributed by atoms with Crippen molar-refractivity contribution in [2.75, 3.05) is 38.7 Å². The van der Waals surface area contributed by atoms with Crippen LogP contribution in [0.1, 0.15) is 61.4 Å². The Balaban J connectivity index is 1.64. The second-order valence-corrected chi connectivity index (χ2v) is 11.2. The van der Waals surface area contributed by atoms with Crippen LogP contribution in [0.2, 0.25) is 0 Å². The van der Waals surface area contributed by atoms with E-state index in [1.807, 2.05) is 12.1 Å². The van der Waals surface area contributed by atoms with Gasteiger partial charge in [0, 0.05) is 30.6 Å². The summed E-state index contributed by atoms with van der Waals surface area (Å²) >= 11 is 0. The fraction of sp³-hybridized carbons (Fsp3) is 0.567. The number of carbonyl (C=O) groups excluding carboxylic acids is 3. The SMILES string of the molecule is CC(=O)CC(=O)C(CO)C(CCO)CC1CC(=O)c2c(O)c(NC3CCN(C)CC3)cc(-c3ccoc3)c2C1. The van der Waals surface area contributed by atoms with Crippen molar-refractivity contribution in [2.45, 2.75) is 57.9 Å². The standard InChI is InChI=1S/C30H40N2O7/c1-18(35)11-27(36)25(16-34)20(5-9-33)12-19-13-24-23(21-6-10-39-17-21)15-26(30(38)29(24)28(37)14-19)31-22-3-7-32(2)8-4-22/h6,10,15,17,19-20,22,25,31,33-34,38H,3-5,7-9,11-14,16H2,1-2H3. The molecule has 2 aliphatic rings. The molecule has 0 amide bonds. The van der Waals surface area contributed by atoms with E-state index in [1.54, 1.807) is 12.5 Å². The molecule has 9 heteroatoms. The summed E-state index contributed by atoms with van der Waals surface area (Å²) in [6.45, 7) is 2.67. The van der Waals surface area contributed by atoms with E-state index in [0.717, 1.165) is 42.6 Å². The highest BCUT2D eigenvalue weighted by molar-refractivity contribution is 6.05. The first kappa shape index (κ1) is 29.0. The van der Waals surface area contributed by atoms with E-state index in [2.05, 4.69) is 17.3 Å². The Morgan fingerprint density at radius 3 is 2.56 bits per heavy atom. The summed E-state index contributed by atoms with van der Waals surface area (Å²) in [5.41, 5.74) is 3.23. The highest BCUT2D eigenvalue weighted by Crippen LogP contribution is 2.45. The van der Waals surface area contributed by atoms with Gasteiger partial charge in [-0.3, -0.25) is 14.4 Å². The van der Waals surface area contributed by atoms with Crippen molar-refractivity contribution < 1.29 is 34.1 Å². The lowest BCUT2D eigenvalue weighted by Crippen LogP contribution is -2.36. The minimum Gasteiger partial charge on any atom is -0.505 e. The number of piperidine rings is 1. The van der Waals surface area contributed by atoms with Crippen LogP contribution < -0.4 is 5.32 Å². The monoisotopic (exact) mass is 540 g/mol. The summed E-state index contributed by atoms with van der Waals surface area (Å²) in [5.74, 6) is -2.12. The zero-order valence-electron chi connectivity index (χ0n) is 22.8. The number of aliphatic hydroxyl groups excluding tert-OH is 2. The van der Waals surface area contributed by atoms with Crippen LogP contribution in [0.15, 0.2) is 29.1 Å². The van der Waals surface area contributed by atoms with E-state index in [0.29, 0.717) is 24.1 Å². The van der Waals surface area contributed by atoms with Gasteiger partial charge in [-0.05, 0) is 94.3 Å². The van der Waals surface area contributed by atoms with Gasteiger partial charge in [0.2, 0.25) is 0 Å². The number of anilines is 1. The van der Waals surface area contributed by atoms with Crippen LogP contribution in [0.5, 0.6) is 5.75 Å². The van der Waals surface area contributed by atoms with Gasteiger partial charge in [0.15, 0.2) is 5.78 Å². The molecule has 4 N–H and O–H groups in total. The van der Waals surface area contributed by atoms with Crippen LogP contribution in [0.25, 0.3) is 11.1 Å². The van der Waals surface area contributed by atoms with Gasteiger partial charge in [-0.15, -0.1) is 0 Å². The second-order valence-electron chi connectivity index (χ2n) is 11.2. The molecule has 1 fully saturated rings. The molecule has 39 heavy (non-hydrogen) atoms. The molecule has 1 aromatic carbocycles. The molecule has 4 rings (SSSR count). The minimum atomic E-state index is -0.777. The molecule has 0 radical (unpaired) electrons. The maximum Gasteiger partial charge on any atom is 0.167 e.